The van der Waals surface area contributed by atoms with Gasteiger partial charge in [0.1, 0.15) is 17.4 Å². The summed E-state index contributed by atoms with van der Waals surface area (Å²) in [6, 6.07) is 12.7. The monoisotopic (exact) mass is 591 g/mol. The standard InChI is InChI=1S/C26H27BrClN3O6/c1-2-36-15-9-7-14(8-10-15)29-23(33)19-20-25(35)31(11-12-32)22(26(20)13-16(27)21(19)37-26)24(34)30-18-6-4-3-5-17(18)28/h3-10,16,19-22,32H,2,11-13H2,1H3,(H,29,33)(H,30,34)/t16?,19-,20-,21-,22?,26?/m0/s1. The summed E-state index contributed by atoms with van der Waals surface area (Å²) in [5, 5.41) is 15.8. The van der Waals surface area contributed by atoms with E-state index in [4.69, 9.17) is 21.1 Å². The molecule has 196 valence electrons. The van der Waals surface area contributed by atoms with Gasteiger partial charge in [0.2, 0.25) is 17.7 Å². The Bertz CT molecular complexity index is 1210. The summed E-state index contributed by atoms with van der Waals surface area (Å²) < 4.78 is 11.9. The number of hydrogen-bond donors (Lipinski definition) is 3. The highest BCUT2D eigenvalue weighted by atomic mass is 79.9. The van der Waals surface area contributed by atoms with Crippen LogP contribution in [0.4, 0.5) is 11.4 Å². The lowest BCUT2D eigenvalue weighted by molar-refractivity contribution is -0.140. The van der Waals surface area contributed by atoms with E-state index in [9.17, 15) is 19.5 Å². The van der Waals surface area contributed by atoms with Crippen molar-refractivity contribution in [3.8, 4) is 5.75 Å². The number of hydrogen-bond acceptors (Lipinski definition) is 6. The number of carbonyl (C=O) groups is 3. The number of aliphatic hydroxyl groups is 1. The first kappa shape index (κ1) is 26.0. The van der Waals surface area contributed by atoms with Crippen LogP contribution in [0, 0.1) is 11.8 Å². The van der Waals surface area contributed by atoms with E-state index in [2.05, 4.69) is 26.6 Å². The van der Waals surface area contributed by atoms with Gasteiger partial charge in [0.05, 0.1) is 41.9 Å². The average molecular weight is 593 g/mol. The number of fused-ring (bicyclic) bond motifs is 1. The van der Waals surface area contributed by atoms with Crippen LogP contribution in [0.15, 0.2) is 48.5 Å². The molecule has 2 aromatic carbocycles. The zero-order chi connectivity index (χ0) is 26.3. The van der Waals surface area contributed by atoms with Gasteiger partial charge in [-0.05, 0) is 49.7 Å². The number of para-hydroxylation sites is 1. The summed E-state index contributed by atoms with van der Waals surface area (Å²) in [6.07, 6.45) is -0.229. The van der Waals surface area contributed by atoms with Crippen molar-refractivity contribution in [2.75, 3.05) is 30.4 Å². The predicted molar refractivity (Wildman–Crippen MR) is 141 cm³/mol. The molecule has 2 bridgehead atoms. The zero-order valence-electron chi connectivity index (χ0n) is 20.0. The smallest absolute Gasteiger partial charge is 0.250 e. The molecule has 6 atom stereocenters. The van der Waals surface area contributed by atoms with E-state index in [-0.39, 0.29) is 29.8 Å². The summed E-state index contributed by atoms with van der Waals surface area (Å²) >= 11 is 9.87. The normalized spacial score (nSPS) is 29.8. The molecule has 37 heavy (non-hydrogen) atoms. The molecule has 3 aliphatic rings. The molecule has 0 aromatic heterocycles. The molecule has 3 N–H and O–H groups in total. The van der Waals surface area contributed by atoms with Crippen LogP contribution in [0.2, 0.25) is 5.02 Å². The fourth-order valence-corrected chi connectivity index (χ4v) is 6.99. The molecule has 3 amide bonds. The number of benzene rings is 2. The third-order valence-electron chi connectivity index (χ3n) is 7.25. The average Bonchev–Trinajstić information content (AvgIpc) is 3.46. The van der Waals surface area contributed by atoms with Gasteiger partial charge in [-0.25, -0.2) is 0 Å². The van der Waals surface area contributed by atoms with Gasteiger partial charge < -0.3 is 30.1 Å². The molecule has 3 fully saturated rings. The predicted octanol–water partition coefficient (Wildman–Crippen LogP) is 3.06. The number of β-amino-alcohol motifs (C(OH)–C–C–N with tert-alkyl or cyclic N) is 1. The number of aliphatic hydroxyl groups excluding tert-OH is 1. The Morgan fingerprint density at radius 1 is 1.19 bits per heavy atom. The lowest BCUT2D eigenvalue weighted by atomic mass is 9.70. The van der Waals surface area contributed by atoms with E-state index in [1.165, 1.54) is 4.90 Å². The van der Waals surface area contributed by atoms with Gasteiger partial charge in [0, 0.05) is 17.1 Å². The number of amides is 3. The number of ether oxygens (including phenoxy) is 2. The van der Waals surface area contributed by atoms with Gasteiger partial charge in [0.15, 0.2) is 0 Å². The molecule has 3 unspecified atom stereocenters. The molecule has 3 saturated heterocycles. The van der Waals surface area contributed by atoms with E-state index >= 15 is 0 Å². The maximum Gasteiger partial charge on any atom is 0.250 e. The van der Waals surface area contributed by atoms with Gasteiger partial charge in [-0.3, -0.25) is 14.4 Å². The molecule has 0 radical (unpaired) electrons. The molecule has 11 heteroatoms. The van der Waals surface area contributed by atoms with Crippen molar-refractivity contribution in [2.45, 2.75) is 35.9 Å². The Hall–Kier alpha value is -2.66. The SMILES string of the molecule is CCOc1ccc(NC(=O)[C@H]2[C@H]3C(=O)N(CCO)C(C(=O)Nc4ccccc4Cl)C34CC(Br)[C@@H]2O4)cc1. The van der Waals surface area contributed by atoms with E-state index < -0.39 is 35.5 Å². The fourth-order valence-electron chi connectivity index (χ4n) is 5.87. The molecular formula is C26H27BrClN3O6. The molecule has 0 aliphatic carbocycles. The number of nitrogens with zero attached hydrogens (tertiary/aromatic N) is 1. The van der Waals surface area contributed by atoms with E-state index in [0.717, 1.165) is 0 Å². The summed E-state index contributed by atoms with van der Waals surface area (Å²) in [6.45, 7) is 2.01. The number of carbonyl (C=O) groups excluding carboxylic acids is 3. The Kier molecular flexibility index (Phi) is 7.19. The Labute approximate surface area is 227 Å². The number of nitrogens with one attached hydrogen (secondary N) is 2. The lowest BCUT2D eigenvalue weighted by Crippen LogP contribution is -2.54. The lowest BCUT2D eigenvalue weighted by Gasteiger charge is -2.34. The zero-order valence-corrected chi connectivity index (χ0v) is 22.4. The van der Waals surface area contributed by atoms with Crippen molar-refractivity contribution in [1.29, 1.82) is 0 Å². The highest BCUT2D eigenvalue weighted by Gasteiger charge is 2.76. The molecule has 3 aliphatic heterocycles. The number of rotatable bonds is 8. The van der Waals surface area contributed by atoms with Crippen molar-refractivity contribution < 1.29 is 29.0 Å². The number of likely N-dealkylation sites (tertiary alicyclic amines) is 1. The first-order valence-electron chi connectivity index (χ1n) is 12.1. The maximum absolute atomic E-state index is 13.7. The number of anilines is 2. The minimum Gasteiger partial charge on any atom is -0.494 e. The first-order chi connectivity index (χ1) is 17.8. The second-order valence-electron chi connectivity index (χ2n) is 9.33. The van der Waals surface area contributed by atoms with Crippen molar-refractivity contribution in [3.05, 3.63) is 53.6 Å². The van der Waals surface area contributed by atoms with E-state index in [1.54, 1.807) is 48.5 Å². The van der Waals surface area contributed by atoms with Crippen molar-refractivity contribution >= 4 is 56.6 Å². The molecular weight excluding hydrogens is 566 g/mol. The van der Waals surface area contributed by atoms with Crippen molar-refractivity contribution in [2.24, 2.45) is 11.8 Å². The van der Waals surface area contributed by atoms with E-state index in [1.807, 2.05) is 6.92 Å². The van der Waals surface area contributed by atoms with Crippen LogP contribution in [-0.4, -0.2) is 70.1 Å². The second-order valence-corrected chi connectivity index (χ2v) is 10.9. The Morgan fingerprint density at radius 3 is 2.59 bits per heavy atom. The van der Waals surface area contributed by atoms with Crippen LogP contribution < -0.4 is 15.4 Å². The van der Waals surface area contributed by atoms with E-state index in [0.29, 0.717) is 35.2 Å². The summed E-state index contributed by atoms with van der Waals surface area (Å²) in [5.74, 6) is -2.25. The van der Waals surface area contributed by atoms with Crippen LogP contribution >= 0.6 is 27.5 Å². The van der Waals surface area contributed by atoms with Crippen LogP contribution in [-0.2, 0) is 19.1 Å². The van der Waals surface area contributed by atoms with Crippen molar-refractivity contribution in [3.63, 3.8) is 0 Å². The van der Waals surface area contributed by atoms with Crippen LogP contribution in [0.1, 0.15) is 13.3 Å². The Morgan fingerprint density at radius 2 is 1.92 bits per heavy atom. The van der Waals surface area contributed by atoms with Gasteiger partial charge >= 0.3 is 0 Å². The van der Waals surface area contributed by atoms with Crippen LogP contribution in [0.25, 0.3) is 0 Å². The third-order valence-corrected chi connectivity index (χ3v) is 8.42. The largest absolute Gasteiger partial charge is 0.494 e. The summed E-state index contributed by atoms with van der Waals surface area (Å²) in [7, 11) is 0. The van der Waals surface area contributed by atoms with Gasteiger partial charge in [0.25, 0.3) is 0 Å². The molecule has 9 nitrogen and oxygen atoms in total. The van der Waals surface area contributed by atoms with Gasteiger partial charge in [-0.2, -0.15) is 0 Å². The molecule has 3 heterocycles. The minimum absolute atomic E-state index is 0.0636. The maximum atomic E-state index is 13.7. The second kappa shape index (κ2) is 10.2. The third kappa shape index (κ3) is 4.39. The molecule has 1 spiro atoms. The van der Waals surface area contributed by atoms with Gasteiger partial charge in [-0.15, -0.1) is 0 Å². The summed E-state index contributed by atoms with van der Waals surface area (Å²) in [4.78, 5) is 42.0. The van der Waals surface area contributed by atoms with Crippen molar-refractivity contribution in [1.82, 2.24) is 4.90 Å². The highest BCUT2D eigenvalue weighted by molar-refractivity contribution is 9.09. The first-order valence-corrected chi connectivity index (χ1v) is 13.4. The molecule has 5 rings (SSSR count). The van der Waals surface area contributed by atoms with Gasteiger partial charge in [-0.1, -0.05) is 39.7 Å². The fraction of sp³-hybridized carbons (Fsp3) is 0.423. The van der Waals surface area contributed by atoms with Crippen LogP contribution in [0.5, 0.6) is 5.75 Å². The molecule has 2 aromatic rings. The quantitative estimate of drug-likeness (QED) is 0.406. The highest BCUT2D eigenvalue weighted by Crippen LogP contribution is 2.60. The molecule has 0 saturated carbocycles. The topological polar surface area (TPSA) is 117 Å². The minimum atomic E-state index is -1.22. The number of halogens is 2. The number of alkyl halides is 1. The Balaban J connectivity index is 1.44. The van der Waals surface area contributed by atoms with Crippen LogP contribution in [0.3, 0.4) is 0 Å². The summed E-state index contributed by atoms with van der Waals surface area (Å²) in [5.41, 5.74) is -0.266.